The van der Waals surface area contributed by atoms with E-state index in [0.717, 1.165) is 31.2 Å². The van der Waals surface area contributed by atoms with Gasteiger partial charge in [0.15, 0.2) is 0 Å². The molecule has 3 rings (SSSR count). The molecule has 1 aromatic heterocycles. The number of esters is 1. The van der Waals surface area contributed by atoms with Gasteiger partial charge in [-0.15, -0.1) is 11.3 Å². The van der Waals surface area contributed by atoms with Crippen LogP contribution in [0.4, 0.5) is 5.00 Å². The van der Waals surface area contributed by atoms with Crippen LogP contribution < -0.4 is 5.32 Å². The van der Waals surface area contributed by atoms with E-state index in [1.165, 1.54) is 23.3 Å². The second-order valence-electron chi connectivity index (χ2n) is 5.52. The summed E-state index contributed by atoms with van der Waals surface area (Å²) in [6.45, 7) is 0. The monoisotopic (exact) mass is 340 g/mol. The summed E-state index contributed by atoms with van der Waals surface area (Å²) < 4.78 is 4.72. The van der Waals surface area contributed by atoms with Gasteiger partial charge < -0.3 is 10.1 Å². The molecule has 0 unspecified atom stereocenters. The number of hydrogen-bond donors (Lipinski definition) is 1. The molecule has 1 aliphatic carbocycles. The molecule has 0 bridgehead atoms. The van der Waals surface area contributed by atoms with Crippen molar-refractivity contribution in [2.75, 3.05) is 12.4 Å². The van der Waals surface area contributed by atoms with Crippen LogP contribution >= 0.6 is 11.3 Å². The molecular weight excluding hydrogens is 324 g/mol. The molecule has 24 heavy (non-hydrogen) atoms. The fraction of sp³-hybridized carbons (Fsp3) is 0.278. The number of aryl methyl sites for hydroxylation is 1. The standard InChI is InChI=1S/C18H16N2O3S/c1-23-18(22)13-8-3-2-7-12(13)16(21)20-17-14(10-19)11-6-4-5-9-15(11)24-17/h2-3,7-8H,4-6,9H2,1H3,(H,20,21). The van der Waals surface area contributed by atoms with Crippen LogP contribution in [0, 0.1) is 11.3 Å². The fourth-order valence-electron chi connectivity index (χ4n) is 2.91. The number of carbonyl (C=O) groups is 2. The zero-order valence-electron chi connectivity index (χ0n) is 13.2. The summed E-state index contributed by atoms with van der Waals surface area (Å²) in [5.41, 5.74) is 2.06. The Morgan fingerprint density at radius 2 is 1.92 bits per heavy atom. The van der Waals surface area contributed by atoms with E-state index in [0.29, 0.717) is 10.6 Å². The van der Waals surface area contributed by atoms with Crippen LogP contribution in [0.3, 0.4) is 0 Å². The van der Waals surface area contributed by atoms with Crippen molar-refractivity contribution in [1.82, 2.24) is 0 Å². The van der Waals surface area contributed by atoms with E-state index >= 15 is 0 Å². The van der Waals surface area contributed by atoms with Gasteiger partial charge in [-0.2, -0.15) is 5.26 Å². The smallest absolute Gasteiger partial charge is 0.338 e. The van der Waals surface area contributed by atoms with Gasteiger partial charge in [-0.25, -0.2) is 4.79 Å². The largest absolute Gasteiger partial charge is 0.465 e. The molecule has 6 heteroatoms. The van der Waals surface area contributed by atoms with Gasteiger partial charge >= 0.3 is 5.97 Å². The molecule has 1 heterocycles. The summed E-state index contributed by atoms with van der Waals surface area (Å²) in [5.74, 6) is -0.974. The van der Waals surface area contributed by atoms with Gasteiger partial charge in [-0.05, 0) is 43.4 Å². The van der Waals surface area contributed by atoms with Crippen molar-refractivity contribution in [3.8, 4) is 6.07 Å². The lowest BCUT2D eigenvalue weighted by atomic mass is 9.96. The Labute approximate surface area is 143 Å². The first kappa shape index (κ1) is 16.2. The van der Waals surface area contributed by atoms with Crippen LogP contribution in [0.2, 0.25) is 0 Å². The Morgan fingerprint density at radius 3 is 2.62 bits per heavy atom. The molecule has 0 aliphatic heterocycles. The molecule has 5 nitrogen and oxygen atoms in total. The molecule has 1 aliphatic rings. The number of amides is 1. The summed E-state index contributed by atoms with van der Waals surface area (Å²) in [6, 6.07) is 8.69. The third-order valence-electron chi connectivity index (χ3n) is 4.09. The summed E-state index contributed by atoms with van der Waals surface area (Å²) in [5, 5.41) is 12.8. The topological polar surface area (TPSA) is 79.2 Å². The van der Waals surface area contributed by atoms with Crippen molar-refractivity contribution >= 4 is 28.2 Å². The maximum atomic E-state index is 12.6. The molecule has 2 aromatic rings. The van der Waals surface area contributed by atoms with Crippen LogP contribution in [0.15, 0.2) is 24.3 Å². The number of anilines is 1. The van der Waals surface area contributed by atoms with E-state index in [9.17, 15) is 14.9 Å². The number of thiophene rings is 1. The Morgan fingerprint density at radius 1 is 1.21 bits per heavy atom. The first-order chi connectivity index (χ1) is 11.7. The summed E-state index contributed by atoms with van der Waals surface area (Å²) in [6.07, 6.45) is 4.00. The van der Waals surface area contributed by atoms with E-state index < -0.39 is 11.9 Å². The lowest BCUT2D eigenvalue weighted by molar-refractivity contribution is 0.0597. The number of nitriles is 1. The molecule has 122 valence electrons. The van der Waals surface area contributed by atoms with Crippen LogP contribution in [0.5, 0.6) is 0 Å². The third kappa shape index (κ3) is 2.91. The number of methoxy groups -OCH3 is 1. The number of hydrogen-bond acceptors (Lipinski definition) is 5. The second-order valence-corrected chi connectivity index (χ2v) is 6.62. The highest BCUT2D eigenvalue weighted by molar-refractivity contribution is 7.16. The number of nitrogens with zero attached hydrogens (tertiary/aromatic N) is 1. The quantitative estimate of drug-likeness (QED) is 0.867. The zero-order chi connectivity index (χ0) is 17.1. The maximum absolute atomic E-state index is 12.6. The molecule has 1 amide bonds. The lowest BCUT2D eigenvalue weighted by Gasteiger charge is -2.09. The van der Waals surface area contributed by atoms with Crippen LogP contribution in [-0.2, 0) is 17.6 Å². The van der Waals surface area contributed by atoms with E-state index in [1.807, 2.05) is 0 Å². The van der Waals surface area contributed by atoms with E-state index in [-0.39, 0.29) is 11.1 Å². The molecule has 0 radical (unpaired) electrons. The van der Waals surface area contributed by atoms with Crippen molar-refractivity contribution < 1.29 is 14.3 Å². The van der Waals surface area contributed by atoms with E-state index in [4.69, 9.17) is 4.74 Å². The number of rotatable bonds is 3. The van der Waals surface area contributed by atoms with Crippen LogP contribution in [0.1, 0.15) is 49.6 Å². The number of benzene rings is 1. The maximum Gasteiger partial charge on any atom is 0.338 e. The number of ether oxygens (including phenoxy) is 1. The van der Waals surface area contributed by atoms with Crippen molar-refractivity contribution in [3.05, 3.63) is 51.4 Å². The second kappa shape index (κ2) is 6.85. The van der Waals surface area contributed by atoms with Crippen molar-refractivity contribution in [2.45, 2.75) is 25.7 Å². The molecule has 0 fully saturated rings. The Kier molecular flexibility index (Phi) is 4.63. The highest BCUT2D eigenvalue weighted by Gasteiger charge is 2.23. The average molecular weight is 340 g/mol. The van der Waals surface area contributed by atoms with Gasteiger partial charge in [0.25, 0.3) is 5.91 Å². The van der Waals surface area contributed by atoms with E-state index in [1.54, 1.807) is 24.3 Å². The zero-order valence-corrected chi connectivity index (χ0v) is 14.0. The summed E-state index contributed by atoms with van der Waals surface area (Å²) in [4.78, 5) is 25.6. The molecule has 0 spiro atoms. The third-order valence-corrected chi connectivity index (χ3v) is 5.29. The van der Waals surface area contributed by atoms with Gasteiger partial charge in [-0.1, -0.05) is 12.1 Å². The number of nitrogens with one attached hydrogen (secondary N) is 1. The lowest BCUT2D eigenvalue weighted by Crippen LogP contribution is -2.17. The Balaban J connectivity index is 1.93. The molecule has 0 atom stereocenters. The highest BCUT2D eigenvalue weighted by Crippen LogP contribution is 2.37. The molecule has 0 saturated carbocycles. The van der Waals surface area contributed by atoms with Gasteiger partial charge in [-0.3, -0.25) is 4.79 Å². The van der Waals surface area contributed by atoms with Crippen molar-refractivity contribution in [1.29, 1.82) is 5.26 Å². The van der Waals surface area contributed by atoms with Gasteiger partial charge in [0.1, 0.15) is 11.1 Å². The van der Waals surface area contributed by atoms with E-state index in [2.05, 4.69) is 11.4 Å². The predicted molar refractivity (Wildman–Crippen MR) is 91.4 cm³/mol. The van der Waals surface area contributed by atoms with Gasteiger partial charge in [0.05, 0.1) is 23.8 Å². The minimum Gasteiger partial charge on any atom is -0.465 e. The molecule has 1 N–H and O–H groups in total. The highest BCUT2D eigenvalue weighted by atomic mass is 32.1. The minimum atomic E-state index is -0.563. The van der Waals surface area contributed by atoms with Crippen molar-refractivity contribution in [3.63, 3.8) is 0 Å². The SMILES string of the molecule is COC(=O)c1ccccc1C(=O)Nc1sc2c(c1C#N)CCCC2. The summed E-state index contributed by atoms with van der Waals surface area (Å²) in [7, 11) is 1.28. The first-order valence-electron chi connectivity index (χ1n) is 7.69. The van der Waals surface area contributed by atoms with Gasteiger partial charge in [0, 0.05) is 4.88 Å². The average Bonchev–Trinajstić information content (AvgIpc) is 2.97. The van der Waals surface area contributed by atoms with Crippen LogP contribution in [0.25, 0.3) is 0 Å². The summed E-state index contributed by atoms with van der Waals surface area (Å²) >= 11 is 1.46. The predicted octanol–water partition coefficient (Wildman–Crippen LogP) is 3.54. The first-order valence-corrected chi connectivity index (χ1v) is 8.50. The van der Waals surface area contributed by atoms with Crippen molar-refractivity contribution in [2.24, 2.45) is 0 Å². The Bertz CT molecular complexity index is 848. The Hall–Kier alpha value is -2.65. The normalized spacial score (nSPS) is 12.8. The number of carbonyl (C=O) groups excluding carboxylic acids is 2. The number of fused-ring (bicyclic) bond motifs is 1. The fourth-order valence-corrected chi connectivity index (χ4v) is 4.15. The van der Waals surface area contributed by atoms with Crippen LogP contribution in [-0.4, -0.2) is 19.0 Å². The minimum absolute atomic E-state index is 0.206. The van der Waals surface area contributed by atoms with Gasteiger partial charge in [0.2, 0.25) is 0 Å². The molecule has 1 aromatic carbocycles. The molecule has 0 saturated heterocycles. The molecular formula is C18H16N2O3S.